The third-order valence-electron chi connectivity index (χ3n) is 5.06. The van der Waals surface area contributed by atoms with Gasteiger partial charge in [0.1, 0.15) is 10.8 Å². The minimum atomic E-state index is -0.311. The molecule has 1 aromatic heterocycles. The number of amides is 3. The molecule has 30 heavy (non-hydrogen) atoms. The number of urea groups is 1. The van der Waals surface area contributed by atoms with Gasteiger partial charge < -0.3 is 20.3 Å². The van der Waals surface area contributed by atoms with Crippen LogP contribution in [0.25, 0.3) is 0 Å². The summed E-state index contributed by atoms with van der Waals surface area (Å²) in [5.74, 6) is 0.876. The van der Waals surface area contributed by atoms with E-state index >= 15 is 0 Å². The highest BCUT2D eigenvalue weighted by Crippen LogP contribution is 2.27. The van der Waals surface area contributed by atoms with Crippen LogP contribution in [0.15, 0.2) is 41.6 Å². The van der Waals surface area contributed by atoms with Gasteiger partial charge in [-0.15, -0.1) is 11.8 Å². The number of methoxy groups -OCH3 is 1. The van der Waals surface area contributed by atoms with E-state index in [2.05, 4.69) is 15.6 Å². The second kappa shape index (κ2) is 10.5. The quantitative estimate of drug-likeness (QED) is 0.649. The van der Waals surface area contributed by atoms with Gasteiger partial charge >= 0.3 is 6.03 Å². The number of nitrogens with one attached hydrogen (secondary N) is 2. The van der Waals surface area contributed by atoms with Gasteiger partial charge in [-0.1, -0.05) is 11.6 Å². The molecule has 0 radical (unpaired) electrons. The van der Waals surface area contributed by atoms with Gasteiger partial charge in [0.05, 0.1) is 18.4 Å². The molecule has 0 saturated carbocycles. The van der Waals surface area contributed by atoms with Crippen LogP contribution in [-0.4, -0.2) is 54.8 Å². The Morgan fingerprint density at radius 2 is 2.07 bits per heavy atom. The first-order valence-electron chi connectivity index (χ1n) is 9.68. The normalized spacial score (nSPS) is 14.3. The molecular weight excluding hydrogens is 424 g/mol. The summed E-state index contributed by atoms with van der Waals surface area (Å²) < 4.78 is 5.24. The number of benzene rings is 1. The molecule has 2 heterocycles. The highest BCUT2D eigenvalue weighted by atomic mass is 35.5. The van der Waals surface area contributed by atoms with Gasteiger partial charge in [-0.2, -0.15) is 0 Å². The van der Waals surface area contributed by atoms with E-state index in [1.807, 2.05) is 17.2 Å². The van der Waals surface area contributed by atoms with Crippen LogP contribution in [0.5, 0.6) is 5.75 Å². The Bertz CT molecular complexity index is 904. The van der Waals surface area contributed by atoms with Gasteiger partial charge in [-0.3, -0.25) is 4.79 Å². The van der Waals surface area contributed by atoms with Crippen molar-refractivity contribution in [2.45, 2.75) is 17.9 Å². The lowest BCUT2D eigenvalue weighted by molar-refractivity contribution is 0.0686. The summed E-state index contributed by atoms with van der Waals surface area (Å²) in [6, 6.07) is 8.35. The number of thioether (sulfide) groups is 1. The van der Waals surface area contributed by atoms with E-state index < -0.39 is 0 Å². The number of pyridine rings is 1. The highest BCUT2D eigenvalue weighted by molar-refractivity contribution is 7.98. The molecule has 2 aromatic rings. The van der Waals surface area contributed by atoms with Crippen molar-refractivity contribution in [1.82, 2.24) is 15.2 Å². The maximum absolute atomic E-state index is 12.8. The maximum atomic E-state index is 12.8. The zero-order valence-corrected chi connectivity index (χ0v) is 18.6. The molecule has 0 bridgehead atoms. The van der Waals surface area contributed by atoms with Crippen molar-refractivity contribution in [1.29, 1.82) is 0 Å². The van der Waals surface area contributed by atoms with Crippen molar-refractivity contribution in [2.24, 2.45) is 5.92 Å². The van der Waals surface area contributed by atoms with E-state index in [9.17, 15) is 9.59 Å². The summed E-state index contributed by atoms with van der Waals surface area (Å²) in [5, 5.41) is 6.93. The van der Waals surface area contributed by atoms with Crippen LogP contribution in [0.2, 0.25) is 5.02 Å². The Balaban J connectivity index is 1.47. The largest absolute Gasteiger partial charge is 0.495 e. The molecule has 0 atom stereocenters. The minimum Gasteiger partial charge on any atom is -0.495 e. The lowest BCUT2D eigenvalue weighted by Crippen LogP contribution is -2.42. The lowest BCUT2D eigenvalue weighted by atomic mass is 9.96. The number of carbonyl (C=O) groups is 2. The molecule has 7 nitrogen and oxygen atoms in total. The second-order valence-corrected chi connectivity index (χ2v) is 8.21. The number of hydrogen-bond donors (Lipinski definition) is 2. The third-order valence-corrected chi connectivity index (χ3v) is 6.00. The average molecular weight is 449 g/mol. The monoisotopic (exact) mass is 448 g/mol. The predicted octanol–water partition coefficient (Wildman–Crippen LogP) is 4.14. The first-order valence-corrected chi connectivity index (χ1v) is 11.3. The van der Waals surface area contributed by atoms with Crippen LogP contribution in [0.4, 0.5) is 10.5 Å². The number of anilines is 1. The van der Waals surface area contributed by atoms with E-state index in [1.54, 1.807) is 30.5 Å². The zero-order valence-electron chi connectivity index (χ0n) is 17.0. The Hall–Kier alpha value is -2.45. The van der Waals surface area contributed by atoms with Crippen LogP contribution >= 0.6 is 23.4 Å². The molecule has 1 aromatic carbocycles. The van der Waals surface area contributed by atoms with Gasteiger partial charge in [0.2, 0.25) is 0 Å². The van der Waals surface area contributed by atoms with Gasteiger partial charge in [-0.25, -0.2) is 9.78 Å². The summed E-state index contributed by atoms with van der Waals surface area (Å²) in [4.78, 5) is 31.2. The number of likely N-dealkylation sites (tertiary alicyclic amines) is 1. The van der Waals surface area contributed by atoms with Crippen LogP contribution in [0.1, 0.15) is 23.2 Å². The number of aromatic nitrogens is 1. The first-order chi connectivity index (χ1) is 14.5. The summed E-state index contributed by atoms with van der Waals surface area (Å²) in [6.07, 6.45) is 5.29. The molecule has 1 aliphatic heterocycles. The van der Waals surface area contributed by atoms with E-state index in [0.717, 1.165) is 17.9 Å². The Labute approximate surface area is 185 Å². The molecule has 1 fully saturated rings. The fourth-order valence-corrected chi connectivity index (χ4v) is 4.12. The number of hydrogen-bond acceptors (Lipinski definition) is 5. The number of piperidine rings is 1. The predicted molar refractivity (Wildman–Crippen MR) is 120 cm³/mol. The van der Waals surface area contributed by atoms with E-state index in [-0.39, 0.29) is 11.9 Å². The van der Waals surface area contributed by atoms with Crippen LogP contribution in [-0.2, 0) is 0 Å². The van der Waals surface area contributed by atoms with Gasteiger partial charge in [0.25, 0.3) is 5.91 Å². The number of nitrogens with zero attached hydrogens (tertiary/aromatic N) is 2. The molecule has 9 heteroatoms. The molecule has 3 amide bonds. The van der Waals surface area contributed by atoms with Crippen molar-refractivity contribution in [3.05, 3.63) is 47.1 Å². The first kappa shape index (κ1) is 22.2. The van der Waals surface area contributed by atoms with Crippen molar-refractivity contribution in [3.8, 4) is 5.75 Å². The molecule has 1 aliphatic rings. The van der Waals surface area contributed by atoms with Crippen molar-refractivity contribution >= 4 is 41.0 Å². The molecule has 2 N–H and O–H groups in total. The van der Waals surface area contributed by atoms with E-state index in [0.29, 0.717) is 47.6 Å². The van der Waals surface area contributed by atoms with E-state index in [4.69, 9.17) is 16.3 Å². The summed E-state index contributed by atoms with van der Waals surface area (Å²) in [7, 11) is 1.54. The van der Waals surface area contributed by atoms with Crippen molar-refractivity contribution in [2.75, 3.05) is 38.3 Å². The van der Waals surface area contributed by atoms with Crippen LogP contribution < -0.4 is 15.4 Å². The van der Waals surface area contributed by atoms with E-state index in [1.165, 1.54) is 18.9 Å². The topological polar surface area (TPSA) is 83.6 Å². The van der Waals surface area contributed by atoms with Gasteiger partial charge in [0.15, 0.2) is 0 Å². The van der Waals surface area contributed by atoms with Gasteiger partial charge in [-0.05, 0) is 55.3 Å². The standard InChI is InChI=1S/C21H25ClN4O3S/c1-29-18-6-5-15(22)12-17(18)25-21(28)24-13-14-7-10-26(11-8-14)20(27)16-4-3-9-23-19(16)30-2/h3-6,9,12,14H,7-8,10-11,13H2,1-2H3,(H2,24,25,28). The third kappa shape index (κ3) is 5.58. The molecule has 160 valence electrons. The van der Waals surface area contributed by atoms with Gasteiger partial charge in [0, 0.05) is 30.9 Å². The fourth-order valence-electron chi connectivity index (χ4n) is 3.41. The summed E-state index contributed by atoms with van der Waals surface area (Å²) in [5.41, 5.74) is 1.17. The summed E-state index contributed by atoms with van der Waals surface area (Å²) >= 11 is 7.47. The number of rotatable bonds is 6. The highest BCUT2D eigenvalue weighted by Gasteiger charge is 2.25. The molecule has 3 rings (SSSR count). The number of halogens is 1. The summed E-state index contributed by atoms with van der Waals surface area (Å²) in [6.45, 7) is 1.87. The molecule has 0 spiro atoms. The number of carbonyl (C=O) groups excluding carboxylic acids is 2. The molecule has 0 aliphatic carbocycles. The maximum Gasteiger partial charge on any atom is 0.319 e. The Kier molecular flexibility index (Phi) is 7.81. The Morgan fingerprint density at radius 3 is 2.77 bits per heavy atom. The van der Waals surface area contributed by atoms with Crippen LogP contribution in [0.3, 0.4) is 0 Å². The van der Waals surface area contributed by atoms with Crippen molar-refractivity contribution in [3.63, 3.8) is 0 Å². The average Bonchev–Trinajstić information content (AvgIpc) is 2.77. The number of ether oxygens (including phenoxy) is 1. The minimum absolute atomic E-state index is 0.0182. The molecule has 0 unspecified atom stereocenters. The second-order valence-electron chi connectivity index (χ2n) is 6.98. The van der Waals surface area contributed by atoms with Crippen molar-refractivity contribution < 1.29 is 14.3 Å². The smallest absolute Gasteiger partial charge is 0.319 e. The molecular formula is C21H25ClN4O3S. The fraction of sp³-hybridized carbons (Fsp3) is 0.381. The SMILES string of the molecule is COc1ccc(Cl)cc1NC(=O)NCC1CCN(C(=O)c2cccnc2SC)CC1. The van der Waals surface area contributed by atoms with Crippen LogP contribution in [0, 0.1) is 5.92 Å². The molecule has 1 saturated heterocycles. The lowest BCUT2D eigenvalue weighted by Gasteiger charge is -2.32. The zero-order chi connectivity index (χ0) is 21.5. The Morgan fingerprint density at radius 1 is 1.30 bits per heavy atom.